The van der Waals surface area contributed by atoms with Gasteiger partial charge in [-0.3, -0.25) is 9.59 Å². The summed E-state index contributed by atoms with van der Waals surface area (Å²) >= 11 is 0. The summed E-state index contributed by atoms with van der Waals surface area (Å²) in [6.07, 6.45) is 3.21. The van der Waals surface area contributed by atoms with Crippen LogP contribution in [0.15, 0.2) is 42.7 Å². The average molecular weight is 350 g/mol. The Morgan fingerprint density at radius 2 is 1.48 bits per heavy atom. The SMILES string of the molecule is Cc1ccc(C[n+]2cc(C(N)=O)cc(C(N)=O)c2)cc1.[Br-]. The van der Waals surface area contributed by atoms with Gasteiger partial charge in [-0.1, -0.05) is 29.8 Å². The number of rotatable bonds is 4. The first-order valence-electron chi connectivity index (χ1n) is 6.15. The summed E-state index contributed by atoms with van der Waals surface area (Å²) < 4.78 is 1.73. The second-order valence-electron chi connectivity index (χ2n) is 4.70. The molecule has 0 aliphatic rings. The minimum atomic E-state index is -0.592. The largest absolute Gasteiger partial charge is 1.00 e. The number of primary amides is 2. The van der Waals surface area contributed by atoms with Crippen LogP contribution in [0, 0.1) is 6.92 Å². The Bertz CT molecular complexity index is 637. The van der Waals surface area contributed by atoms with Crippen LogP contribution in [-0.2, 0) is 6.54 Å². The second kappa shape index (κ2) is 6.99. The van der Waals surface area contributed by atoms with E-state index in [2.05, 4.69) is 0 Å². The van der Waals surface area contributed by atoms with E-state index < -0.39 is 11.8 Å². The minimum absolute atomic E-state index is 0. The van der Waals surface area contributed by atoms with E-state index in [0.717, 1.165) is 5.56 Å². The zero-order valence-corrected chi connectivity index (χ0v) is 13.1. The molecule has 0 aliphatic carbocycles. The first kappa shape index (κ1) is 16.8. The zero-order chi connectivity index (χ0) is 14.7. The lowest BCUT2D eigenvalue weighted by Gasteiger charge is -2.02. The van der Waals surface area contributed by atoms with Crippen molar-refractivity contribution in [2.75, 3.05) is 0 Å². The van der Waals surface area contributed by atoms with Crippen molar-refractivity contribution in [1.82, 2.24) is 0 Å². The third kappa shape index (κ3) is 4.39. The first-order chi connectivity index (χ1) is 9.45. The second-order valence-corrected chi connectivity index (χ2v) is 4.70. The van der Waals surface area contributed by atoms with Crippen LogP contribution in [-0.4, -0.2) is 11.8 Å². The number of hydrogen-bond donors (Lipinski definition) is 2. The number of nitrogens with two attached hydrogens (primary N) is 2. The lowest BCUT2D eigenvalue weighted by atomic mass is 10.1. The van der Waals surface area contributed by atoms with Crippen molar-refractivity contribution in [1.29, 1.82) is 0 Å². The molecule has 2 aromatic rings. The van der Waals surface area contributed by atoms with Crippen LogP contribution in [0.2, 0.25) is 0 Å². The van der Waals surface area contributed by atoms with E-state index in [9.17, 15) is 9.59 Å². The number of aromatic nitrogens is 1. The molecule has 0 atom stereocenters. The maximum atomic E-state index is 11.3. The molecule has 0 radical (unpaired) electrons. The van der Waals surface area contributed by atoms with Gasteiger partial charge in [0, 0.05) is 5.56 Å². The van der Waals surface area contributed by atoms with Gasteiger partial charge in [0.2, 0.25) is 0 Å². The molecule has 2 amide bonds. The van der Waals surface area contributed by atoms with Crippen LogP contribution < -0.4 is 33.0 Å². The monoisotopic (exact) mass is 349 g/mol. The highest BCUT2D eigenvalue weighted by Gasteiger charge is 2.14. The Hall–Kier alpha value is -2.21. The molecule has 0 unspecified atom stereocenters. The third-order valence-corrected chi connectivity index (χ3v) is 2.98. The van der Waals surface area contributed by atoms with Crippen LogP contribution in [0.25, 0.3) is 0 Å². The van der Waals surface area contributed by atoms with Gasteiger partial charge < -0.3 is 28.4 Å². The summed E-state index contributed by atoms with van der Waals surface area (Å²) in [5, 5.41) is 0. The van der Waals surface area contributed by atoms with Crippen LogP contribution in [0.5, 0.6) is 0 Å². The highest BCUT2D eigenvalue weighted by molar-refractivity contribution is 5.97. The third-order valence-electron chi connectivity index (χ3n) is 2.98. The van der Waals surface area contributed by atoms with Gasteiger partial charge in [-0.25, -0.2) is 0 Å². The predicted molar refractivity (Wildman–Crippen MR) is 74.0 cm³/mol. The maximum Gasteiger partial charge on any atom is 0.254 e. The number of pyridine rings is 1. The molecular weight excluding hydrogens is 334 g/mol. The lowest BCUT2D eigenvalue weighted by molar-refractivity contribution is -0.688. The molecule has 4 N–H and O–H groups in total. The molecule has 2 rings (SSSR count). The fourth-order valence-corrected chi connectivity index (χ4v) is 1.90. The summed E-state index contributed by atoms with van der Waals surface area (Å²) in [5.74, 6) is -1.18. The van der Waals surface area contributed by atoms with E-state index >= 15 is 0 Å². The molecule has 5 nitrogen and oxygen atoms in total. The van der Waals surface area contributed by atoms with Crippen molar-refractivity contribution >= 4 is 11.8 Å². The molecule has 110 valence electrons. The fraction of sp³-hybridized carbons (Fsp3) is 0.133. The van der Waals surface area contributed by atoms with Crippen molar-refractivity contribution in [2.24, 2.45) is 11.5 Å². The van der Waals surface area contributed by atoms with E-state index in [4.69, 9.17) is 11.5 Å². The fourth-order valence-electron chi connectivity index (χ4n) is 1.90. The van der Waals surface area contributed by atoms with E-state index in [0.29, 0.717) is 6.54 Å². The molecule has 0 saturated heterocycles. The molecule has 1 aromatic heterocycles. The number of hydrogen-bond acceptors (Lipinski definition) is 2. The van der Waals surface area contributed by atoms with Gasteiger partial charge in [-0.2, -0.15) is 4.57 Å². The minimum Gasteiger partial charge on any atom is -1.00 e. The molecule has 0 saturated carbocycles. The van der Waals surface area contributed by atoms with Crippen LogP contribution in [0.3, 0.4) is 0 Å². The summed E-state index contributed by atoms with van der Waals surface area (Å²) in [5.41, 5.74) is 13.3. The number of nitrogens with zero attached hydrogens (tertiary/aromatic N) is 1. The number of amides is 2. The number of carbonyl (C=O) groups excluding carboxylic acids is 2. The molecule has 1 heterocycles. The number of benzene rings is 1. The van der Waals surface area contributed by atoms with Gasteiger partial charge in [-0.05, 0) is 13.0 Å². The van der Waals surface area contributed by atoms with E-state index in [1.165, 1.54) is 11.6 Å². The van der Waals surface area contributed by atoms with E-state index in [1.807, 2.05) is 31.2 Å². The summed E-state index contributed by atoms with van der Waals surface area (Å²) in [4.78, 5) is 22.6. The molecule has 0 bridgehead atoms. The maximum absolute atomic E-state index is 11.3. The quantitative estimate of drug-likeness (QED) is 0.599. The smallest absolute Gasteiger partial charge is 0.254 e. The highest BCUT2D eigenvalue weighted by atomic mass is 79.9. The topological polar surface area (TPSA) is 90.1 Å². The van der Waals surface area contributed by atoms with Gasteiger partial charge in [0.1, 0.15) is 11.1 Å². The van der Waals surface area contributed by atoms with Gasteiger partial charge in [-0.15, -0.1) is 0 Å². The zero-order valence-electron chi connectivity index (χ0n) is 11.5. The Morgan fingerprint density at radius 1 is 1.00 bits per heavy atom. The Balaban J connectivity index is 0.00000220. The van der Waals surface area contributed by atoms with Gasteiger partial charge in [0.05, 0.1) is 0 Å². The molecule has 1 aromatic carbocycles. The van der Waals surface area contributed by atoms with Crippen molar-refractivity contribution in [3.63, 3.8) is 0 Å². The van der Waals surface area contributed by atoms with E-state index in [-0.39, 0.29) is 28.1 Å². The van der Waals surface area contributed by atoms with E-state index in [1.54, 1.807) is 17.0 Å². The number of carbonyl (C=O) groups is 2. The standard InChI is InChI=1S/C15H15N3O2.BrH/c1-10-2-4-11(5-3-10)7-18-8-12(14(16)19)6-13(9-18)15(17)20;/h2-6,8-9H,7H2,1H3,(H3-,16,17,19,20);1H. The van der Waals surface area contributed by atoms with Crippen molar-refractivity contribution < 1.29 is 31.1 Å². The summed E-state index contributed by atoms with van der Waals surface area (Å²) in [6, 6.07) is 9.38. The molecule has 6 heteroatoms. The number of halogens is 1. The van der Waals surface area contributed by atoms with Crippen LogP contribution in [0.4, 0.5) is 0 Å². The Labute approximate surface area is 133 Å². The van der Waals surface area contributed by atoms with Crippen molar-refractivity contribution in [3.8, 4) is 0 Å². The summed E-state index contributed by atoms with van der Waals surface area (Å²) in [6.45, 7) is 2.54. The highest BCUT2D eigenvalue weighted by Crippen LogP contribution is 2.05. The first-order valence-corrected chi connectivity index (χ1v) is 6.15. The molecule has 0 spiro atoms. The average Bonchev–Trinajstić information content (AvgIpc) is 2.41. The van der Waals surface area contributed by atoms with Crippen molar-refractivity contribution in [3.05, 3.63) is 65.0 Å². The Morgan fingerprint density at radius 3 is 1.90 bits per heavy atom. The van der Waals surface area contributed by atoms with Gasteiger partial charge in [0.15, 0.2) is 18.9 Å². The van der Waals surface area contributed by atoms with Gasteiger partial charge >= 0.3 is 0 Å². The predicted octanol–water partition coefficient (Wildman–Crippen LogP) is -2.47. The summed E-state index contributed by atoms with van der Waals surface area (Å²) in [7, 11) is 0. The van der Waals surface area contributed by atoms with Crippen molar-refractivity contribution in [2.45, 2.75) is 13.5 Å². The molecule has 0 fully saturated rings. The number of aryl methyl sites for hydroxylation is 1. The molecule has 21 heavy (non-hydrogen) atoms. The normalized spacial score (nSPS) is 9.76. The molecular formula is C15H16BrN3O2. The molecule has 0 aliphatic heterocycles. The van der Waals surface area contributed by atoms with Gasteiger partial charge in [0.25, 0.3) is 11.8 Å². The Kier molecular flexibility index (Phi) is 5.60. The van der Waals surface area contributed by atoms with Crippen LogP contribution >= 0.6 is 0 Å². The lowest BCUT2D eigenvalue weighted by Crippen LogP contribution is -3.00. The van der Waals surface area contributed by atoms with Crippen LogP contribution in [0.1, 0.15) is 31.8 Å².